The summed E-state index contributed by atoms with van der Waals surface area (Å²) in [4.78, 5) is 9.13. The predicted octanol–water partition coefficient (Wildman–Crippen LogP) is 2.23. The Morgan fingerprint density at radius 3 is 2.84 bits per heavy atom. The van der Waals surface area contributed by atoms with Crippen LogP contribution in [0.3, 0.4) is 0 Å². The van der Waals surface area contributed by atoms with Crippen LogP contribution in [0.2, 0.25) is 5.15 Å². The van der Waals surface area contributed by atoms with E-state index < -0.39 is 10.0 Å². The van der Waals surface area contributed by atoms with Crippen LogP contribution in [0.4, 0.5) is 0 Å². The van der Waals surface area contributed by atoms with Crippen LogP contribution in [-0.4, -0.2) is 18.4 Å². The van der Waals surface area contributed by atoms with E-state index in [1.54, 1.807) is 6.20 Å². The fraction of sp³-hybridized carbons (Fsp3) is 0.273. The van der Waals surface area contributed by atoms with Crippen LogP contribution in [0.1, 0.15) is 16.8 Å². The van der Waals surface area contributed by atoms with E-state index in [1.165, 1.54) is 29.7 Å². The molecule has 0 amide bonds. The zero-order valence-electron chi connectivity index (χ0n) is 10.1. The average Bonchev–Trinajstić information content (AvgIpc) is 2.84. The minimum Gasteiger partial charge on any atom is -0.248 e. The number of aryl methyl sites for hydroxylation is 1. The third-order valence-corrected chi connectivity index (χ3v) is 5.12. The Balaban J connectivity index is 2.09. The molecule has 102 valence electrons. The highest BCUT2D eigenvalue weighted by Crippen LogP contribution is 2.16. The van der Waals surface area contributed by atoms with Gasteiger partial charge in [0.15, 0.2) is 0 Å². The SMILES string of the molecule is CCc1cnc(CNS(=O)(=O)c2ccnc(Cl)c2)s1. The molecule has 2 heterocycles. The van der Waals surface area contributed by atoms with E-state index in [0.717, 1.165) is 16.3 Å². The van der Waals surface area contributed by atoms with Crippen LogP contribution in [0.15, 0.2) is 29.4 Å². The van der Waals surface area contributed by atoms with Gasteiger partial charge < -0.3 is 0 Å². The summed E-state index contributed by atoms with van der Waals surface area (Å²) in [5.41, 5.74) is 0. The number of hydrogen-bond acceptors (Lipinski definition) is 5. The summed E-state index contributed by atoms with van der Waals surface area (Å²) in [5.74, 6) is 0. The van der Waals surface area contributed by atoms with Crippen molar-refractivity contribution in [3.63, 3.8) is 0 Å². The summed E-state index contributed by atoms with van der Waals surface area (Å²) in [6.07, 6.45) is 4.01. The van der Waals surface area contributed by atoms with E-state index in [1.807, 2.05) is 6.92 Å². The average molecular weight is 318 g/mol. The number of halogens is 1. The topological polar surface area (TPSA) is 72.0 Å². The molecule has 0 atom stereocenters. The lowest BCUT2D eigenvalue weighted by Gasteiger charge is -2.04. The van der Waals surface area contributed by atoms with Crippen LogP contribution in [0.25, 0.3) is 0 Å². The first-order valence-electron chi connectivity index (χ1n) is 5.56. The smallest absolute Gasteiger partial charge is 0.241 e. The second kappa shape index (κ2) is 5.96. The zero-order valence-corrected chi connectivity index (χ0v) is 12.5. The van der Waals surface area contributed by atoms with Crippen molar-refractivity contribution < 1.29 is 8.42 Å². The highest BCUT2D eigenvalue weighted by Gasteiger charge is 2.15. The number of thiazole rings is 1. The van der Waals surface area contributed by atoms with Gasteiger partial charge in [-0.25, -0.2) is 23.1 Å². The molecule has 0 unspecified atom stereocenters. The molecular weight excluding hydrogens is 306 g/mol. The molecule has 0 fully saturated rings. The molecule has 0 spiro atoms. The standard InChI is InChI=1S/C11H12ClN3O2S2/c1-2-8-6-14-11(18-8)7-15-19(16,17)9-3-4-13-10(12)5-9/h3-6,15H,2,7H2,1H3. The first-order valence-corrected chi connectivity index (χ1v) is 8.24. The van der Waals surface area contributed by atoms with Crippen molar-refractivity contribution in [1.82, 2.24) is 14.7 Å². The summed E-state index contributed by atoms with van der Waals surface area (Å²) < 4.78 is 26.5. The number of nitrogens with zero attached hydrogens (tertiary/aromatic N) is 2. The van der Waals surface area contributed by atoms with E-state index in [2.05, 4.69) is 14.7 Å². The molecule has 19 heavy (non-hydrogen) atoms. The van der Waals surface area contributed by atoms with Gasteiger partial charge >= 0.3 is 0 Å². The molecule has 5 nitrogen and oxygen atoms in total. The fourth-order valence-corrected chi connectivity index (χ4v) is 3.52. The number of hydrogen-bond donors (Lipinski definition) is 1. The molecule has 2 rings (SSSR count). The Morgan fingerprint density at radius 2 is 2.21 bits per heavy atom. The summed E-state index contributed by atoms with van der Waals surface area (Å²) in [6, 6.07) is 2.71. The maximum atomic E-state index is 12.0. The predicted molar refractivity (Wildman–Crippen MR) is 74.8 cm³/mol. The Bertz CT molecular complexity index is 670. The van der Waals surface area contributed by atoms with Crippen molar-refractivity contribution >= 4 is 33.0 Å². The van der Waals surface area contributed by atoms with Crippen molar-refractivity contribution in [2.75, 3.05) is 0 Å². The van der Waals surface area contributed by atoms with E-state index in [0.29, 0.717) is 0 Å². The normalized spacial score (nSPS) is 11.7. The molecule has 0 aliphatic heterocycles. The van der Waals surface area contributed by atoms with Crippen LogP contribution < -0.4 is 4.72 Å². The zero-order chi connectivity index (χ0) is 13.9. The maximum absolute atomic E-state index is 12.0. The summed E-state index contributed by atoms with van der Waals surface area (Å²) in [5, 5.41) is 0.881. The van der Waals surface area contributed by atoms with Gasteiger partial charge in [0.2, 0.25) is 10.0 Å². The maximum Gasteiger partial charge on any atom is 0.241 e. The van der Waals surface area contributed by atoms with E-state index >= 15 is 0 Å². The second-order valence-corrected chi connectivity index (χ2v) is 7.07. The van der Waals surface area contributed by atoms with Gasteiger partial charge in [-0.15, -0.1) is 11.3 Å². The Morgan fingerprint density at radius 1 is 1.42 bits per heavy atom. The third-order valence-electron chi connectivity index (χ3n) is 2.37. The number of rotatable bonds is 5. The molecule has 0 saturated heterocycles. The van der Waals surface area contributed by atoms with Crippen molar-refractivity contribution in [2.45, 2.75) is 24.8 Å². The van der Waals surface area contributed by atoms with Gasteiger partial charge in [0.25, 0.3) is 0 Å². The highest BCUT2D eigenvalue weighted by molar-refractivity contribution is 7.89. The number of nitrogens with one attached hydrogen (secondary N) is 1. The van der Waals surface area contributed by atoms with E-state index in [9.17, 15) is 8.42 Å². The van der Waals surface area contributed by atoms with Gasteiger partial charge in [0, 0.05) is 17.3 Å². The lowest BCUT2D eigenvalue weighted by Crippen LogP contribution is -2.23. The van der Waals surface area contributed by atoms with Crippen molar-refractivity contribution in [2.24, 2.45) is 0 Å². The van der Waals surface area contributed by atoms with Gasteiger partial charge in [-0.05, 0) is 18.6 Å². The van der Waals surface area contributed by atoms with Crippen LogP contribution in [0.5, 0.6) is 0 Å². The molecule has 0 radical (unpaired) electrons. The second-order valence-electron chi connectivity index (χ2n) is 3.71. The molecule has 8 heteroatoms. The highest BCUT2D eigenvalue weighted by atomic mass is 35.5. The monoisotopic (exact) mass is 317 g/mol. The van der Waals surface area contributed by atoms with Crippen molar-refractivity contribution in [3.05, 3.63) is 39.6 Å². The van der Waals surface area contributed by atoms with E-state index in [-0.39, 0.29) is 16.6 Å². The molecule has 0 aliphatic carbocycles. The molecule has 2 aromatic rings. The molecule has 0 bridgehead atoms. The molecule has 0 aromatic carbocycles. The van der Waals surface area contributed by atoms with Gasteiger partial charge in [-0.2, -0.15) is 0 Å². The summed E-state index contributed by atoms with van der Waals surface area (Å²) in [7, 11) is -3.59. The first kappa shape index (κ1) is 14.4. The molecule has 0 aliphatic rings. The Hall–Kier alpha value is -1.02. The minimum absolute atomic E-state index is 0.0970. The van der Waals surface area contributed by atoms with E-state index in [4.69, 9.17) is 11.6 Å². The van der Waals surface area contributed by atoms with Gasteiger partial charge in [-0.1, -0.05) is 18.5 Å². The lowest BCUT2D eigenvalue weighted by molar-refractivity contribution is 0.581. The third kappa shape index (κ3) is 3.73. The van der Waals surface area contributed by atoms with Crippen LogP contribution >= 0.6 is 22.9 Å². The van der Waals surface area contributed by atoms with Crippen LogP contribution in [-0.2, 0) is 23.0 Å². The number of aromatic nitrogens is 2. The molecule has 2 aromatic heterocycles. The van der Waals surface area contributed by atoms with Gasteiger partial charge in [0.05, 0.1) is 11.4 Å². The van der Waals surface area contributed by atoms with Crippen molar-refractivity contribution in [3.8, 4) is 0 Å². The molecule has 1 N–H and O–H groups in total. The Labute approximate surface area is 120 Å². The van der Waals surface area contributed by atoms with Gasteiger partial charge in [-0.3, -0.25) is 0 Å². The first-order chi connectivity index (χ1) is 9.01. The largest absolute Gasteiger partial charge is 0.248 e. The molecular formula is C11H12ClN3O2S2. The summed E-state index contributed by atoms with van der Waals surface area (Å²) in [6.45, 7) is 2.20. The number of sulfonamides is 1. The van der Waals surface area contributed by atoms with Gasteiger partial charge in [0.1, 0.15) is 10.2 Å². The Kier molecular flexibility index (Phi) is 4.51. The minimum atomic E-state index is -3.59. The number of pyridine rings is 1. The fourth-order valence-electron chi connectivity index (χ4n) is 1.39. The molecule has 0 saturated carbocycles. The van der Waals surface area contributed by atoms with Crippen molar-refractivity contribution in [1.29, 1.82) is 0 Å². The van der Waals surface area contributed by atoms with Crippen LogP contribution in [0, 0.1) is 0 Å². The summed E-state index contributed by atoms with van der Waals surface area (Å²) >= 11 is 7.17. The lowest BCUT2D eigenvalue weighted by atomic mass is 10.4. The quantitative estimate of drug-likeness (QED) is 0.858.